The predicted molar refractivity (Wildman–Crippen MR) is 88.0 cm³/mol. The van der Waals surface area contributed by atoms with E-state index in [1.54, 1.807) is 19.2 Å². The number of rotatable bonds is 5. The van der Waals surface area contributed by atoms with E-state index in [1.165, 1.54) is 6.92 Å². The molecular formula is C18H20N2O3. The fraction of sp³-hybridized carbons (Fsp3) is 0.278. The van der Waals surface area contributed by atoms with Gasteiger partial charge in [-0.1, -0.05) is 18.2 Å². The molecule has 0 unspecified atom stereocenters. The van der Waals surface area contributed by atoms with Gasteiger partial charge in [0.25, 0.3) is 0 Å². The summed E-state index contributed by atoms with van der Waals surface area (Å²) >= 11 is 0. The molecule has 0 aliphatic rings. The van der Waals surface area contributed by atoms with E-state index in [9.17, 15) is 9.59 Å². The van der Waals surface area contributed by atoms with Gasteiger partial charge in [-0.15, -0.1) is 0 Å². The molecule has 1 heterocycles. The number of pyridine rings is 1. The molecule has 1 aromatic heterocycles. The molecule has 0 aliphatic carbocycles. The topological polar surface area (TPSA) is 68.3 Å². The Hall–Kier alpha value is -2.69. The first-order valence-electron chi connectivity index (χ1n) is 7.45. The zero-order valence-corrected chi connectivity index (χ0v) is 13.5. The summed E-state index contributed by atoms with van der Waals surface area (Å²) in [7, 11) is 0. The van der Waals surface area contributed by atoms with Crippen LogP contribution in [0.15, 0.2) is 42.6 Å². The molecule has 1 aromatic carbocycles. The van der Waals surface area contributed by atoms with E-state index in [0.717, 1.165) is 16.8 Å². The van der Waals surface area contributed by atoms with Crippen molar-refractivity contribution in [2.24, 2.45) is 0 Å². The minimum Gasteiger partial charge on any atom is -0.457 e. The molecule has 0 saturated carbocycles. The number of hydrogen-bond acceptors (Lipinski definition) is 4. The van der Waals surface area contributed by atoms with Crippen molar-refractivity contribution in [3.05, 3.63) is 53.7 Å². The second-order valence-electron chi connectivity index (χ2n) is 5.35. The zero-order valence-electron chi connectivity index (χ0n) is 13.5. The van der Waals surface area contributed by atoms with Gasteiger partial charge in [0.15, 0.2) is 0 Å². The lowest BCUT2D eigenvalue weighted by atomic mass is 9.99. The van der Waals surface area contributed by atoms with Crippen LogP contribution in [-0.2, 0) is 9.53 Å². The summed E-state index contributed by atoms with van der Waals surface area (Å²) in [5.74, 6) is -0.556. The van der Waals surface area contributed by atoms with Crippen LogP contribution >= 0.6 is 0 Å². The lowest BCUT2D eigenvalue weighted by molar-refractivity contribution is -0.119. The molecule has 2 aromatic rings. The number of carbonyl (C=O) groups excluding carboxylic acids is 2. The first kappa shape index (κ1) is 16.7. The molecule has 5 heteroatoms. The molecule has 1 amide bonds. The van der Waals surface area contributed by atoms with Crippen LogP contribution in [0.4, 0.5) is 0 Å². The highest BCUT2D eigenvalue weighted by atomic mass is 16.5. The SMILES string of the molecule is CC(=O)NC[C@H](C)OC(=O)c1cccc(-c2ccccn2)c1C. The first-order valence-corrected chi connectivity index (χ1v) is 7.45. The summed E-state index contributed by atoms with van der Waals surface area (Å²) in [6.45, 7) is 5.33. The van der Waals surface area contributed by atoms with Gasteiger partial charge in [0.1, 0.15) is 6.10 Å². The van der Waals surface area contributed by atoms with Gasteiger partial charge in [-0.25, -0.2) is 4.79 Å². The van der Waals surface area contributed by atoms with Crippen molar-refractivity contribution in [1.82, 2.24) is 10.3 Å². The summed E-state index contributed by atoms with van der Waals surface area (Å²) in [6, 6.07) is 11.1. The summed E-state index contributed by atoms with van der Waals surface area (Å²) in [4.78, 5) is 27.6. The van der Waals surface area contributed by atoms with Gasteiger partial charge in [0.2, 0.25) is 5.91 Å². The lowest BCUT2D eigenvalue weighted by Crippen LogP contribution is -2.31. The third kappa shape index (κ3) is 4.39. The Kier molecular flexibility index (Phi) is 5.46. The van der Waals surface area contributed by atoms with E-state index >= 15 is 0 Å². The van der Waals surface area contributed by atoms with E-state index in [4.69, 9.17) is 4.74 Å². The lowest BCUT2D eigenvalue weighted by Gasteiger charge is -2.15. The Balaban J connectivity index is 2.17. The van der Waals surface area contributed by atoms with Crippen LogP contribution in [0.25, 0.3) is 11.3 Å². The fourth-order valence-corrected chi connectivity index (χ4v) is 2.23. The van der Waals surface area contributed by atoms with Gasteiger partial charge in [-0.2, -0.15) is 0 Å². The molecule has 5 nitrogen and oxygen atoms in total. The van der Waals surface area contributed by atoms with Crippen molar-refractivity contribution in [2.75, 3.05) is 6.54 Å². The fourth-order valence-electron chi connectivity index (χ4n) is 2.23. The standard InChI is InChI=1S/C18H20N2O3/c1-12(11-20-14(3)21)23-18(22)16-8-6-7-15(13(16)2)17-9-4-5-10-19-17/h4-10,12H,11H2,1-3H3,(H,20,21)/t12-/m0/s1. The highest BCUT2D eigenvalue weighted by Gasteiger charge is 2.17. The van der Waals surface area contributed by atoms with Crippen molar-refractivity contribution < 1.29 is 14.3 Å². The Bertz CT molecular complexity index is 699. The molecular weight excluding hydrogens is 292 g/mol. The Morgan fingerprint density at radius 3 is 2.65 bits per heavy atom. The zero-order chi connectivity index (χ0) is 16.8. The maximum atomic E-state index is 12.3. The average Bonchev–Trinajstić information content (AvgIpc) is 2.54. The maximum absolute atomic E-state index is 12.3. The van der Waals surface area contributed by atoms with Crippen LogP contribution in [0.3, 0.4) is 0 Å². The summed E-state index contributed by atoms with van der Waals surface area (Å²) in [6.07, 6.45) is 1.32. The van der Waals surface area contributed by atoms with E-state index in [0.29, 0.717) is 12.1 Å². The molecule has 120 valence electrons. The highest BCUT2D eigenvalue weighted by molar-refractivity contribution is 5.93. The number of nitrogens with zero attached hydrogens (tertiary/aromatic N) is 1. The van der Waals surface area contributed by atoms with Crippen LogP contribution in [0.2, 0.25) is 0 Å². The molecule has 0 radical (unpaired) electrons. The predicted octanol–water partition coefficient (Wildman–Crippen LogP) is 2.74. The molecule has 0 bridgehead atoms. The minimum atomic E-state index is -0.405. The van der Waals surface area contributed by atoms with Crippen molar-refractivity contribution in [3.63, 3.8) is 0 Å². The van der Waals surface area contributed by atoms with E-state index in [-0.39, 0.29) is 5.91 Å². The number of amides is 1. The average molecular weight is 312 g/mol. The molecule has 0 aliphatic heterocycles. The van der Waals surface area contributed by atoms with Gasteiger partial charge < -0.3 is 10.1 Å². The second kappa shape index (κ2) is 7.54. The number of nitrogens with one attached hydrogen (secondary N) is 1. The van der Waals surface area contributed by atoms with E-state index in [1.807, 2.05) is 37.3 Å². The van der Waals surface area contributed by atoms with Crippen LogP contribution in [0.5, 0.6) is 0 Å². The monoisotopic (exact) mass is 312 g/mol. The van der Waals surface area contributed by atoms with Crippen molar-refractivity contribution in [1.29, 1.82) is 0 Å². The van der Waals surface area contributed by atoms with Crippen LogP contribution < -0.4 is 5.32 Å². The largest absolute Gasteiger partial charge is 0.457 e. The number of aromatic nitrogens is 1. The van der Waals surface area contributed by atoms with Gasteiger partial charge >= 0.3 is 5.97 Å². The minimum absolute atomic E-state index is 0.152. The van der Waals surface area contributed by atoms with Crippen molar-refractivity contribution >= 4 is 11.9 Å². The summed E-state index contributed by atoms with van der Waals surface area (Å²) in [5.41, 5.74) is 3.03. The normalized spacial score (nSPS) is 11.6. The summed E-state index contributed by atoms with van der Waals surface area (Å²) < 4.78 is 5.38. The van der Waals surface area contributed by atoms with Gasteiger partial charge in [-0.05, 0) is 37.6 Å². The Labute approximate surface area is 135 Å². The van der Waals surface area contributed by atoms with E-state index in [2.05, 4.69) is 10.3 Å². The molecule has 1 atom stereocenters. The number of benzene rings is 1. The van der Waals surface area contributed by atoms with Crippen LogP contribution in [0, 0.1) is 6.92 Å². The van der Waals surface area contributed by atoms with Gasteiger partial charge in [0.05, 0.1) is 17.8 Å². The molecule has 1 N–H and O–H groups in total. The molecule has 23 heavy (non-hydrogen) atoms. The highest BCUT2D eigenvalue weighted by Crippen LogP contribution is 2.24. The van der Waals surface area contributed by atoms with Crippen molar-refractivity contribution in [2.45, 2.75) is 26.9 Å². The number of ether oxygens (including phenoxy) is 1. The number of esters is 1. The molecule has 2 rings (SSSR count). The third-order valence-corrected chi connectivity index (χ3v) is 3.44. The Morgan fingerprint density at radius 2 is 2.00 bits per heavy atom. The van der Waals surface area contributed by atoms with Crippen molar-refractivity contribution in [3.8, 4) is 11.3 Å². The third-order valence-electron chi connectivity index (χ3n) is 3.44. The van der Waals surface area contributed by atoms with Crippen LogP contribution in [0.1, 0.15) is 29.8 Å². The van der Waals surface area contributed by atoms with E-state index < -0.39 is 12.1 Å². The smallest absolute Gasteiger partial charge is 0.338 e. The number of hydrogen-bond donors (Lipinski definition) is 1. The maximum Gasteiger partial charge on any atom is 0.338 e. The van der Waals surface area contributed by atoms with Gasteiger partial charge in [-0.3, -0.25) is 9.78 Å². The molecule has 0 spiro atoms. The molecule has 0 fully saturated rings. The Morgan fingerprint density at radius 1 is 1.22 bits per heavy atom. The number of carbonyl (C=O) groups is 2. The summed E-state index contributed by atoms with van der Waals surface area (Å²) in [5, 5.41) is 2.63. The van der Waals surface area contributed by atoms with Gasteiger partial charge in [0, 0.05) is 18.7 Å². The quantitative estimate of drug-likeness (QED) is 0.862. The molecule has 0 saturated heterocycles. The first-order chi connectivity index (χ1) is 11.0. The second-order valence-corrected chi connectivity index (χ2v) is 5.35. The van der Waals surface area contributed by atoms with Crippen LogP contribution in [-0.4, -0.2) is 29.5 Å².